The molecule has 1 aromatic heterocycles. The highest BCUT2D eigenvalue weighted by Gasteiger charge is 2.11. The molecule has 0 saturated carbocycles. The lowest BCUT2D eigenvalue weighted by atomic mass is 10.5. The summed E-state index contributed by atoms with van der Waals surface area (Å²) >= 11 is 1.12. The summed E-state index contributed by atoms with van der Waals surface area (Å²) in [4.78, 5) is 27.8. The van der Waals surface area contributed by atoms with E-state index in [9.17, 15) is 9.59 Å². The van der Waals surface area contributed by atoms with Crippen LogP contribution in [0.5, 0.6) is 0 Å². The molecule has 0 saturated heterocycles. The lowest BCUT2D eigenvalue weighted by Crippen LogP contribution is -2.23. The maximum Gasteiger partial charge on any atom is 0.251 e. The minimum Gasteiger partial charge on any atom is -0.369 e. The molecule has 1 aromatic rings. The Labute approximate surface area is 78.8 Å². The number of hydrogen-bond donors (Lipinski definition) is 2. The van der Waals surface area contributed by atoms with Crippen LogP contribution in [0.1, 0.15) is 6.92 Å². The molecule has 5 nitrogen and oxygen atoms in total. The average Bonchev–Trinajstić information content (AvgIpc) is 2.04. The molecule has 0 radical (unpaired) electrons. The monoisotopic (exact) mass is 199 g/mol. The Morgan fingerprint density at radius 2 is 2.46 bits per heavy atom. The second kappa shape index (κ2) is 4.08. The first-order valence-corrected chi connectivity index (χ1v) is 4.49. The summed E-state index contributed by atoms with van der Waals surface area (Å²) in [7, 11) is 0. The van der Waals surface area contributed by atoms with E-state index in [1.165, 1.54) is 12.3 Å². The van der Waals surface area contributed by atoms with Crippen LogP contribution in [-0.4, -0.2) is 21.1 Å². The highest BCUT2D eigenvalue weighted by atomic mass is 32.2. The van der Waals surface area contributed by atoms with Crippen LogP contribution < -0.4 is 11.3 Å². The van der Waals surface area contributed by atoms with Gasteiger partial charge in [0.25, 0.3) is 5.56 Å². The fraction of sp³-hybridized carbons (Fsp3) is 0.286. The number of H-pyrrole nitrogens is 1. The number of nitrogens with zero attached hydrogens (tertiary/aromatic N) is 1. The molecule has 70 valence electrons. The van der Waals surface area contributed by atoms with E-state index < -0.39 is 11.2 Å². The molecule has 3 N–H and O–H groups in total. The molecule has 1 rings (SSSR count). The molecule has 1 atom stereocenters. The topological polar surface area (TPSA) is 88.8 Å². The molecule has 1 unspecified atom stereocenters. The zero-order chi connectivity index (χ0) is 9.84. The molecule has 0 fully saturated rings. The van der Waals surface area contributed by atoms with Crippen molar-refractivity contribution in [3.05, 3.63) is 22.6 Å². The predicted molar refractivity (Wildman–Crippen MR) is 49.4 cm³/mol. The van der Waals surface area contributed by atoms with E-state index in [2.05, 4.69) is 9.97 Å². The normalized spacial score (nSPS) is 12.4. The van der Waals surface area contributed by atoms with Crippen LogP contribution in [0.3, 0.4) is 0 Å². The highest BCUT2D eigenvalue weighted by molar-refractivity contribution is 8.00. The van der Waals surface area contributed by atoms with Gasteiger partial charge in [-0.05, 0) is 6.92 Å². The van der Waals surface area contributed by atoms with Gasteiger partial charge < -0.3 is 10.7 Å². The Morgan fingerprint density at radius 1 is 1.77 bits per heavy atom. The maximum absolute atomic E-state index is 10.8. The highest BCUT2D eigenvalue weighted by Crippen LogP contribution is 2.16. The summed E-state index contributed by atoms with van der Waals surface area (Å²) < 4.78 is 0. The molecular formula is C7H9N3O2S. The van der Waals surface area contributed by atoms with Gasteiger partial charge in [-0.3, -0.25) is 9.59 Å². The quantitative estimate of drug-likeness (QED) is 0.518. The number of primary amides is 1. The van der Waals surface area contributed by atoms with E-state index in [4.69, 9.17) is 5.73 Å². The van der Waals surface area contributed by atoms with Crippen LogP contribution in [0, 0.1) is 0 Å². The van der Waals surface area contributed by atoms with Gasteiger partial charge in [0.15, 0.2) is 5.16 Å². The summed E-state index contributed by atoms with van der Waals surface area (Å²) in [6, 6.07) is 1.30. The van der Waals surface area contributed by atoms with Gasteiger partial charge in [-0.25, -0.2) is 4.98 Å². The Kier molecular flexibility index (Phi) is 3.07. The van der Waals surface area contributed by atoms with Crippen LogP contribution >= 0.6 is 11.8 Å². The minimum absolute atomic E-state index is 0.242. The van der Waals surface area contributed by atoms with Crippen molar-refractivity contribution in [1.82, 2.24) is 9.97 Å². The first kappa shape index (κ1) is 9.79. The molecule has 0 aliphatic heterocycles. The van der Waals surface area contributed by atoms with Gasteiger partial charge in [0.05, 0.1) is 5.25 Å². The number of rotatable bonds is 3. The van der Waals surface area contributed by atoms with Crippen LogP contribution in [0.15, 0.2) is 22.2 Å². The fourth-order valence-electron chi connectivity index (χ4n) is 0.637. The molecule has 0 bridgehead atoms. The maximum atomic E-state index is 10.8. The van der Waals surface area contributed by atoms with Crippen molar-refractivity contribution in [2.24, 2.45) is 5.73 Å². The Balaban J connectivity index is 2.75. The number of thioether (sulfide) groups is 1. The molecule has 0 aliphatic rings. The molecular weight excluding hydrogens is 190 g/mol. The lowest BCUT2D eigenvalue weighted by Gasteiger charge is -2.04. The van der Waals surface area contributed by atoms with Gasteiger partial charge in [0, 0.05) is 12.3 Å². The van der Waals surface area contributed by atoms with Crippen LogP contribution in [0.4, 0.5) is 0 Å². The smallest absolute Gasteiger partial charge is 0.251 e. The SMILES string of the molecule is CC(Sc1nccc(=O)[nH]1)C(N)=O. The second-order valence-electron chi connectivity index (χ2n) is 2.40. The van der Waals surface area contributed by atoms with E-state index >= 15 is 0 Å². The molecule has 6 heteroatoms. The summed E-state index contributed by atoms with van der Waals surface area (Å²) in [6.45, 7) is 1.65. The van der Waals surface area contributed by atoms with Crippen molar-refractivity contribution in [2.45, 2.75) is 17.3 Å². The third kappa shape index (κ3) is 2.90. The molecule has 13 heavy (non-hydrogen) atoms. The number of aromatic amines is 1. The van der Waals surface area contributed by atoms with Crippen molar-refractivity contribution < 1.29 is 4.79 Å². The van der Waals surface area contributed by atoms with E-state index in [1.54, 1.807) is 6.92 Å². The van der Waals surface area contributed by atoms with Crippen molar-refractivity contribution in [3.8, 4) is 0 Å². The number of nitrogens with one attached hydrogen (secondary N) is 1. The first-order chi connectivity index (χ1) is 6.09. The number of carbonyl (C=O) groups excluding carboxylic acids is 1. The zero-order valence-corrected chi connectivity index (χ0v) is 7.80. The summed E-state index contributed by atoms with van der Waals surface area (Å²) in [5.41, 5.74) is 4.80. The molecule has 0 spiro atoms. The van der Waals surface area contributed by atoms with Crippen LogP contribution in [-0.2, 0) is 4.79 Å². The van der Waals surface area contributed by atoms with Gasteiger partial charge in [-0.15, -0.1) is 0 Å². The number of carbonyl (C=O) groups is 1. The Bertz CT molecular complexity index is 363. The van der Waals surface area contributed by atoms with Crippen LogP contribution in [0.2, 0.25) is 0 Å². The fourth-order valence-corrected chi connectivity index (χ4v) is 1.37. The Morgan fingerprint density at radius 3 is 3.00 bits per heavy atom. The predicted octanol–water partition coefficient (Wildman–Crippen LogP) is -0.264. The molecule has 0 aliphatic carbocycles. The van der Waals surface area contributed by atoms with Crippen molar-refractivity contribution in [2.75, 3.05) is 0 Å². The molecule has 1 amide bonds. The first-order valence-electron chi connectivity index (χ1n) is 3.61. The van der Waals surface area contributed by atoms with E-state index in [1.807, 2.05) is 0 Å². The summed E-state index contributed by atoms with van der Waals surface area (Å²) in [5, 5.41) is 0.00403. The number of nitrogens with two attached hydrogens (primary N) is 1. The zero-order valence-electron chi connectivity index (χ0n) is 6.98. The third-order valence-corrected chi connectivity index (χ3v) is 2.35. The van der Waals surface area contributed by atoms with Crippen molar-refractivity contribution >= 4 is 17.7 Å². The van der Waals surface area contributed by atoms with Gasteiger partial charge in [0.2, 0.25) is 5.91 Å². The Hall–Kier alpha value is -1.30. The van der Waals surface area contributed by atoms with Crippen LogP contribution in [0.25, 0.3) is 0 Å². The average molecular weight is 199 g/mol. The lowest BCUT2D eigenvalue weighted by molar-refractivity contribution is -0.117. The number of amides is 1. The van der Waals surface area contributed by atoms with E-state index in [0.29, 0.717) is 5.16 Å². The molecule has 0 aromatic carbocycles. The van der Waals surface area contributed by atoms with Gasteiger partial charge in [-0.2, -0.15) is 0 Å². The van der Waals surface area contributed by atoms with Crippen molar-refractivity contribution in [1.29, 1.82) is 0 Å². The third-order valence-electron chi connectivity index (χ3n) is 1.34. The number of hydrogen-bond acceptors (Lipinski definition) is 4. The second-order valence-corrected chi connectivity index (χ2v) is 3.73. The standard InChI is InChI=1S/C7H9N3O2S/c1-4(6(8)12)13-7-9-3-2-5(11)10-7/h2-4H,1H3,(H2,8,12)(H,9,10,11). The van der Waals surface area contributed by atoms with E-state index in [0.717, 1.165) is 11.8 Å². The minimum atomic E-state index is -0.434. The summed E-state index contributed by atoms with van der Waals surface area (Å²) in [6.07, 6.45) is 1.38. The van der Waals surface area contributed by atoms with Gasteiger partial charge in [0.1, 0.15) is 0 Å². The summed E-state index contributed by atoms with van der Waals surface area (Å²) in [5.74, 6) is -0.434. The van der Waals surface area contributed by atoms with Crippen molar-refractivity contribution in [3.63, 3.8) is 0 Å². The van der Waals surface area contributed by atoms with Gasteiger partial charge >= 0.3 is 0 Å². The number of aromatic nitrogens is 2. The largest absolute Gasteiger partial charge is 0.369 e. The van der Waals surface area contributed by atoms with Gasteiger partial charge in [-0.1, -0.05) is 11.8 Å². The molecule has 1 heterocycles. The van der Waals surface area contributed by atoms with E-state index in [-0.39, 0.29) is 5.56 Å².